The first-order valence-corrected chi connectivity index (χ1v) is 10.0. The zero-order valence-corrected chi connectivity index (χ0v) is 18.9. The molecule has 0 radical (unpaired) electrons. The minimum atomic E-state index is -0.547. The molecule has 3 aromatic carbocycles. The number of carbonyl (C=O) groups excluding carboxylic acids is 2. The average Bonchev–Trinajstić information content (AvgIpc) is 2.84. The Labute approximate surface area is 195 Å². The molecule has 1 amide bonds. The normalized spacial score (nSPS) is 10.5. The van der Waals surface area contributed by atoms with Crippen LogP contribution in [0, 0.1) is 0 Å². The van der Waals surface area contributed by atoms with Crippen LogP contribution in [0.3, 0.4) is 0 Å². The Kier molecular flexibility index (Phi) is 7.88. The third-order valence-corrected chi connectivity index (χ3v) is 4.75. The Morgan fingerprint density at radius 2 is 1.48 bits per heavy atom. The van der Waals surface area contributed by atoms with Gasteiger partial charge in [0, 0.05) is 16.1 Å². The van der Waals surface area contributed by atoms with Crippen molar-refractivity contribution in [3.8, 4) is 23.0 Å². The second-order valence-electron chi connectivity index (χ2n) is 6.55. The lowest BCUT2D eigenvalue weighted by atomic mass is 10.1. The van der Waals surface area contributed by atoms with Gasteiger partial charge in [-0.15, -0.1) is 0 Å². The number of ether oxygens (including phenoxy) is 4. The molecule has 3 rings (SSSR count). The summed E-state index contributed by atoms with van der Waals surface area (Å²) in [4.78, 5) is 25.0. The Morgan fingerprint density at radius 1 is 0.848 bits per heavy atom. The van der Waals surface area contributed by atoms with Gasteiger partial charge in [0.2, 0.25) is 5.75 Å². The Hall–Kier alpha value is -4.04. The topological polar surface area (TPSA) is 95.5 Å². The summed E-state index contributed by atoms with van der Waals surface area (Å²) in [7, 11) is 4.39. The molecular formula is C24H21ClN2O6. The van der Waals surface area contributed by atoms with Crippen molar-refractivity contribution >= 4 is 29.7 Å². The van der Waals surface area contributed by atoms with E-state index < -0.39 is 11.9 Å². The molecule has 0 fully saturated rings. The number of nitrogens with zero attached hydrogens (tertiary/aromatic N) is 1. The van der Waals surface area contributed by atoms with Crippen molar-refractivity contribution in [1.29, 1.82) is 0 Å². The molecule has 9 heteroatoms. The summed E-state index contributed by atoms with van der Waals surface area (Å²) >= 11 is 5.85. The lowest BCUT2D eigenvalue weighted by Gasteiger charge is -2.13. The van der Waals surface area contributed by atoms with Crippen LogP contribution in [0.1, 0.15) is 26.3 Å². The van der Waals surface area contributed by atoms with Gasteiger partial charge in [-0.2, -0.15) is 5.10 Å². The first-order valence-electron chi connectivity index (χ1n) is 9.67. The summed E-state index contributed by atoms with van der Waals surface area (Å²) in [5.41, 5.74) is 3.52. The molecule has 1 N–H and O–H groups in total. The minimum absolute atomic E-state index is 0.254. The van der Waals surface area contributed by atoms with E-state index in [4.69, 9.17) is 30.5 Å². The predicted octanol–water partition coefficient (Wildman–Crippen LogP) is 4.35. The van der Waals surface area contributed by atoms with Crippen LogP contribution in [-0.2, 0) is 0 Å². The molecule has 33 heavy (non-hydrogen) atoms. The SMILES string of the molecule is COc1cc(C(=O)N/N=C/c2ccccc2OC(=O)c2ccc(Cl)cc2)cc(OC)c1OC. The maximum absolute atomic E-state index is 12.6. The molecule has 170 valence electrons. The van der Waals surface area contributed by atoms with Crippen molar-refractivity contribution in [1.82, 2.24) is 5.43 Å². The molecule has 0 aromatic heterocycles. The molecule has 0 aliphatic heterocycles. The maximum atomic E-state index is 12.6. The van der Waals surface area contributed by atoms with Gasteiger partial charge in [0.05, 0.1) is 33.1 Å². The van der Waals surface area contributed by atoms with Gasteiger partial charge in [-0.25, -0.2) is 10.2 Å². The van der Waals surface area contributed by atoms with E-state index in [2.05, 4.69) is 10.5 Å². The summed E-state index contributed by atoms with van der Waals surface area (Å²) in [6.07, 6.45) is 1.38. The molecule has 0 saturated carbocycles. The van der Waals surface area contributed by atoms with Gasteiger partial charge in [0.15, 0.2) is 11.5 Å². The van der Waals surface area contributed by atoms with Crippen molar-refractivity contribution in [2.24, 2.45) is 5.10 Å². The first kappa shape index (κ1) is 23.6. The lowest BCUT2D eigenvalue weighted by molar-refractivity contribution is 0.0734. The summed E-state index contributed by atoms with van der Waals surface area (Å²) in [6, 6.07) is 16.1. The van der Waals surface area contributed by atoms with E-state index in [1.54, 1.807) is 48.5 Å². The Bertz CT molecular complexity index is 1150. The van der Waals surface area contributed by atoms with E-state index >= 15 is 0 Å². The lowest BCUT2D eigenvalue weighted by Crippen LogP contribution is -2.18. The molecule has 0 bridgehead atoms. The zero-order valence-electron chi connectivity index (χ0n) is 18.1. The highest BCUT2D eigenvalue weighted by Crippen LogP contribution is 2.38. The van der Waals surface area contributed by atoms with E-state index in [1.165, 1.54) is 39.7 Å². The highest BCUT2D eigenvalue weighted by Gasteiger charge is 2.17. The number of nitrogens with one attached hydrogen (secondary N) is 1. The van der Waals surface area contributed by atoms with E-state index in [-0.39, 0.29) is 11.3 Å². The Morgan fingerprint density at radius 3 is 2.09 bits per heavy atom. The van der Waals surface area contributed by atoms with Crippen molar-refractivity contribution in [3.63, 3.8) is 0 Å². The van der Waals surface area contributed by atoms with Gasteiger partial charge in [0.1, 0.15) is 5.75 Å². The highest BCUT2D eigenvalue weighted by molar-refractivity contribution is 6.30. The number of para-hydroxylation sites is 1. The van der Waals surface area contributed by atoms with Crippen LogP contribution in [0.2, 0.25) is 5.02 Å². The quantitative estimate of drug-likeness (QED) is 0.228. The van der Waals surface area contributed by atoms with Gasteiger partial charge in [-0.3, -0.25) is 4.79 Å². The smallest absolute Gasteiger partial charge is 0.343 e. The van der Waals surface area contributed by atoms with Gasteiger partial charge < -0.3 is 18.9 Å². The minimum Gasteiger partial charge on any atom is -0.493 e. The number of methoxy groups -OCH3 is 3. The summed E-state index contributed by atoms with van der Waals surface area (Å²) in [6.45, 7) is 0. The predicted molar refractivity (Wildman–Crippen MR) is 124 cm³/mol. The summed E-state index contributed by atoms with van der Waals surface area (Å²) in [5, 5.41) is 4.49. The number of esters is 1. The molecule has 3 aromatic rings. The molecule has 8 nitrogen and oxygen atoms in total. The van der Waals surface area contributed by atoms with Crippen molar-refractivity contribution in [2.45, 2.75) is 0 Å². The Balaban J connectivity index is 1.74. The van der Waals surface area contributed by atoms with E-state index in [1.807, 2.05) is 0 Å². The molecule has 0 spiro atoms. The highest BCUT2D eigenvalue weighted by atomic mass is 35.5. The molecule has 0 aliphatic carbocycles. The summed E-state index contributed by atoms with van der Waals surface area (Å²) < 4.78 is 21.2. The second kappa shape index (κ2) is 11.0. The molecule has 0 heterocycles. The number of halogens is 1. The van der Waals surface area contributed by atoms with Crippen molar-refractivity contribution in [3.05, 3.63) is 82.4 Å². The number of carbonyl (C=O) groups is 2. The van der Waals surface area contributed by atoms with Gasteiger partial charge >= 0.3 is 5.97 Å². The fourth-order valence-electron chi connectivity index (χ4n) is 2.86. The summed E-state index contributed by atoms with van der Waals surface area (Å²) in [5.74, 6) is 0.283. The molecule has 0 aliphatic rings. The number of hydrogen-bond donors (Lipinski definition) is 1. The third kappa shape index (κ3) is 5.81. The van der Waals surface area contributed by atoms with Crippen molar-refractivity contribution in [2.75, 3.05) is 21.3 Å². The number of hydrogen-bond acceptors (Lipinski definition) is 7. The molecule has 0 unspecified atom stereocenters. The maximum Gasteiger partial charge on any atom is 0.343 e. The van der Waals surface area contributed by atoms with Crippen LogP contribution >= 0.6 is 11.6 Å². The van der Waals surface area contributed by atoms with E-state index in [0.717, 1.165) is 0 Å². The monoisotopic (exact) mass is 468 g/mol. The van der Waals surface area contributed by atoms with Gasteiger partial charge in [-0.05, 0) is 48.5 Å². The molecular weight excluding hydrogens is 448 g/mol. The first-order chi connectivity index (χ1) is 16.0. The van der Waals surface area contributed by atoms with Crippen LogP contribution in [0.4, 0.5) is 0 Å². The number of hydrazone groups is 1. The van der Waals surface area contributed by atoms with Crippen LogP contribution < -0.4 is 24.4 Å². The van der Waals surface area contributed by atoms with Crippen molar-refractivity contribution < 1.29 is 28.5 Å². The fraction of sp³-hybridized carbons (Fsp3) is 0.125. The second-order valence-corrected chi connectivity index (χ2v) is 6.98. The van der Waals surface area contributed by atoms with E-state index in [0.29, 0.717) is 33.4 Å². The molecule has 0 saturated heterocycles. The number of amides is 1. The zero-order chi connectivity index (χ0) is 23.8. The van der Waals surface area contributed by atoms with Crippen LogP contribution in [-0.4, -0.2) is 39.4 Å². The van der Waals surface area contributed by atoms with E-state index in [9.17, 15) is 9.59 Å². The van der Waals surface area contributed by atoms with Crippen LogP contribution in [0.5, 0.6) is 23.0 Å². The number of benzene rings is 3. The van der Waals surface area contributed by atoms with Crippen LogP contribution in [0.15, 0.2) is 65.8 Å². The fourth-order valence-corrected chi connectivity index (χ4v) is 2.99. The molecule has 0 atom stereocenters. The van der Waals surface area contributed by atoms with Gasteiger partial charge in [-0.1, -0.05) is 23.7 Å². The van der Waals surface area contributed by atoms with Crippen LogP contribution in [0.25, 0.3) is 0 Å². The standard InChI is InChI=1S/C24H21ClN2O6/c1-30-20-12-17(13-21(31-2)22(20)32-3)23(28)27-26-14-16-6-4-5-7-19(16)33-24(29)15-8-10-18(25)11-9-15/h4-14H,1-3H3,(H,27,28)/b26-14+. The number of rotatable bonds is 8. The third-order valence-electron chi connectivity index (χ3n) is 4.50. The van der Waals surface area contributed by atoms with Gasteiger partial charge in [0.25, 0.3) is 5.91 Å². The average molecular weight is 469 g/mol. The largest absolute Gasteiger partial charge is 0.493 e.